The van der Waals surface area contributed by atoms with Crippen LogP contribution in [0, 0.1) is 5.92 Å². The van der Waals surface area contributed by atoms with Crippen LogP contribution in [0.1, 0.15) is 37.2 Å². The maximum absolute atomic E-state index is 12.7. The van der Waals surface area contributed by atoms with Gasteiger partial charge in [0.25, 0.3) is 0 Å². The molecule has 2 aliphatic rings. The van der Waals surface area contributed by atoms with Gasteiger partial charge in [-0.25, -0.2) is 0 Å². The fraction of sp³-hybridized carbons (Fsp3) is 0.611. The number of amides is 1. The molecule has 1 aromatic carbocycles. The second-order valence-electron chi connectivity index (χ2n) is 6.65. The Morgan fingerprint density at radius 1 is 1.28 bits per heavy atom. The molecular weight excluding hydrogens is 383 g/mol. The monoisotopic (exact) mass is 406 g/mol. The minimum atomic E-state index is 0. The smallest absolute Gasteiger partial charge is 0.226 e. The van der Waals surface area contributed by atoms with Crippen LogP contribution in [0.25, 0.3) is 0 Å². The molecule has 2 N–H and O–H groups in total. The number of carbonyl (C=O) groups excluding carboxylic acids is 1. The fourth-order valence-corrected chi connectivity index (χ4v) is 3.97. The van der Waals surface area contributed by atoms with Gasteiger partial charge in [-0.3, -0.25) is 4.79 Å². The molecule has 4 nitrogen and oxygen atoms in total. The number of carbonyl (C=O) groups is 1. The van der Waals surface area contributed by atoms with Gasteiger partial charge in [-0.05, 0) is 55.8 Å². The number of hydrogen-bond acceptors (Lipinski definition) is 3. The summed E-state index contributed by atoms with van der Waals surface area (Å²) in [6, 6.07) is 5.54. The molecule has 140 valence electrons. The molecule has 0 radical (unpaired) electrons. The third-order valence-corrected chi connectivity index (χ3v) is 5.49. The molecule has 2 atom stereocenters. The Morgan fingerprint density at radius 2 is 2.00 bits per heavy atom. The van der Waals surface area contributed by atoms with E-state index >= 15 is 0 Å². The fourth-order valence-electron chi connectivity index (χ4n) is 3.42. The van der Waals surface area contributed by atoms with Gasteiger partial charge < -0.3 is 15.4 Å². The number of nitrogens with two attached hydrogens (primary N) is 1. The van der Waals surface area contributed by atoms with E-state index in [0.717, 1.165) is 50.9 Å². The summed E-state index contributed by atoms with van der Waals surface area (Å²) in [6.07, 6.45) is 3.86. The van der Waals surface area contributed by atoms with Gasteiger partial charge in [-0.15, -0.1) is 12.4 Å². The van der Waals surface area contributed by atoms with Crippen LogP contribution in [0.15, 0.2) is 18.2 Å². The second-order valence-corrected chi connectivity index (χ2v) is 7.50. The number of likely N-dealkylation sites (tertiary alicyclic amines) is 1. The molecule has 1 amide bonds. The van der Waals surface area contributed by atoms with Crippen molar-refractivity contribution in [2.75, 3.05) is 26.2 Å². The summed E-state index contributed by atoms with van der Waals surface area (Å²) >= 11 is 12.2. The van der Waals surface area contributed by atoms with Crippen molar-refractivity contribution in [3.05, 3.63) is 33.8 Å². The van der Waals surface area contributed by atoms with E-state index in [4.69, 9.17) is 33.7 Å². The average molecular weight is 408 g/mol. The van der Waals surface area contributed by atoms with Gasteiger partial charge in [0, 0.05) is 35.7 Å². The highest BCUT2D eigenvalue weighted by molar-refractivity contribution is 6.35. The van der Waals surface area contributed by atoms with Crippen LogP contribution in [0.2, 0.25) is 10.0 Å². The Labute approximate surface area is 165 Å². The first-order chi connectivity index (χ1) is 11.6. The van der Waals surface area contributed by atoms with Crippen LogP contribution >= 0.6 is 35.6 Å². The van der Waals surface area contributed by atoms with E-state index in [1.165, 1.54) is 0 Å². The molecule has 0 bridgehead atoms. The molecule has 0 spiro atoms. The number of hydrogen-bond donors (Lipinski definition) is 1. The summed E-state index contributed by atoms with van der Waals surface area (Å²) in [5, 5.41) is 1.29. The van der Waals surface area contributed by atoms with Gasteiger partial charge in [0.2, 0.25) is 5.91 Å². The topological polar surface area (TPSA) is 55.6 Å². The molecule has 2 unspecified atom stereocenters. The lowest BCUT2D eigenvalue weighted by molar-refractivity contribution is -0.135. The zero-order valence-electron chi connectivity index (χ0n) is 14.1. The maximum atomic E-state index is 12.7. The van der Waals surface area contributed by atoms with Crippen LogP contribution in [-0.2, 0) is 9.53 Å². The number of halogens is 3. The standard InChI is InChI=1S/C18H24Cl2N2O2.ClH/c19-12-2-3-14(17(20)10-12)15-11-16(15)18(23)22-7-4-13(5-8-22)24-9-1-6-21;/h2-3,10,13,15-16H,1,4-9,11,21H2;1H. The summed E-state index contributed by atoms with van der Waals surface area (Å²) in [5.74, 6) is 0.561. The summed E-state index contributed by atoms with van der Waals surface area (Å²) in [6.45, 7) is 2.94. The molecule has 1 aliphatic heterocycles. The Bertz CT molecular complexity index is 592. The summed E-state index contributed by atoms with van der Waals surface area (Å²) < 4.78 is 5.80. The minimum Gasteiger partial charge on any atom is -0.378 e. The molecule has 1 aliphatic carbocycles. The number of nitrogens with zero attached hydrogens (tertiary/aromatic N) is 1. The van der Waals surface area contributed by atoms with Crippen molar-refractivity contribution < 1.29 is 9.53 Å². The predicted molar refractivity (Wildman–Crippen MR) is 104 cm³/mol. The highest BCUT2D eigenvalue weighted by Gasteiger charge is 2.46. The first kappa shape index (κ1) is 20.8. The lowest BCUT2D eigenvalue weighted by Crippen LogP contribution is -2.42. The first-order valence-corrected chi connectivity index (χ1v) is 9.41. The van der Waals surface area contributed by atoms with Crippen molar-refractivity contribution >= 4 is 41.5 Å². The lowest BCUT2D eigenvalue weighted by Gasteiger charge is -2.32. The number of benzene rings is 1. The SMILES string of the molecule is Cl.NCCCOC1CCN(C(=O)C2CC2c2ccc(Cl)cc2Cl)CC1. The molecule has 7 heteroatoms. The third kappa shape index (κ3) is 5.24. The predicted octanol–water partition coefficient (Wildman–Crippen LogP) is 3.88. The maximum Gasteiger partial charge on any atom is 0.226 e. The van der Waals surface area contributed by atoms with Crippen molar-refractivity contribution in [2.45, 2.75) is 37.7 Å². The van der Waals surface area contributed by atoms with E-state index in [-0.39, 0.29) is 36.3 Å². The van der Waals surface area contributed by atoms with Gasteiger partial charge in [0.1, 0.15) is 0 Å². The van der Waals surface area contributed by atoms with E-state index in [1.807, 2.05) is 17.0 Å². The van der Waals surface area contributed by atoms with Crippen LogP contribution in [-0.4, -0.2) is 43.2 Å². The van der Waals surface area contributed by atoms with Crippen molar-refractivity contribution in [1.82, 2.24) is 4.90 Å². The van der Waals surface area contributed by atoms with Crippen LogP contribution in [0.3, 0.4) is 0 Å². The Hall–Kier alpha value is -0.520. The molecule has 3 rings (SSSR count). The largest absolute Gasteiger partial charge is 0.378 e. The molecule has 1 heterocycles. The molecule has 1 saturated heterocycles. The van der Waals surface area contributed by atoms with E-state index < -0.39 is 0 Å². The van der Waals surface area contributed by atoms with Gasteiger partial charge >= 0.3 is 0 Å². The molecule has 0 aromatic heterocycles. The Balaban J connectivity index is 0.00000225. The lowest BCUT2D eigenvalue weighted by atomic mass is 10.1. The number of piperidine rings is 1. The summed E-state index contributed by atoms with van der Waals surface area (Å²) in [4.78, 5) is 14.7. The van der Waals surface area contributed by atoms with Crippen LogP contribution in [0.4, 0.5) is 0 Å². The first-order valence-electron chi connectivity index (χ1n) is 8.65. The molecule has 1 saturated carbocycles. The molecule has 2 fully saturated rings. The Morgan fingerprint density at radius 3 is 2.64 bits per heavy atom. The van der Waals surface area contributed by atoms with Gasteiger partial charge in [-0.2, -0.15) is 0 Å². The highest BCUT2D eigenvalue weighted by atomic mass is 35.5. The van der Waals surface area contributed by atoms with Crippen molar-refractivity contribution in [3.8, 4) is 0 Å². The van der Waals surface area contributed by atoms with E-state index in [9.17, 15) is 4.79 Å². The molecule has 25 heavy (non-hydrogen) atoms. The van der Waals surface area contributed by atoms with Gasteiger partial charge in [0.15, 0.2) is 0 Å². The zero-order chi connectivity index (χ0) is 17.1. The van der Waals surface area contributed by atoms with E-state index in [2.05, 4.69) is 0 Å². The third-order valence-electron chi connectivity index (χ3n) is 4.93. The normalized spacial score (nSPS) is 23.2. The average Bonchev–Trinajstić information content (AvgIpc) is 3.35. The van der Waals surface area contributed by atoms with Gasteiger partial charge in [-0.1, -0.05) is 29.3 Å². The van der Waals surface area contributed by atoms with Crippen molar-refractivity contribution in [3.63, 3.8) is 0 Å². The minimum absolute atomic E-state index is 0. The van der Waals surface area contributed by atoms with E-state index in [1.54, 1.807) is 6.07 Å². The van der Waals surface area contributed by atoms with Crippen LogP contribution in [0.5, 0.6) is 0 Å². The number of ether oxygens (including phenoxy) is 1. The Kier molecular flexibility index (Phi) is 7.84. The zero-order valence-corrected chi connectivity index (χ0v) is 16.5. The van der Waals surface area contributed by atoms with E-state index in [0.29, 0.717) is 16.6 Å². The van der Waals surface area contributed by atoms with Crippen molar-refractivity contribution in [2.24, 2.45) is 11.7 Å². The van der Waals surface area contributed by atoms with Crippen LogP contribution < -0.4 is 5.73 Å². The quantitative estimate of drug-likeness (QED) is 0.728. The second kappa shape index (κ2) is 9.43. The summed E-state index contributed by atoms with van der Waals surface area (Å²) in [7, 11) is 0. The molecule has 1 aromatic rings. The molecular formula is C18H25Cl3N2O2. The van der Waals surface area contributed by atoms with Crippen molar-refractivity contribution in [1.29, 1.82) is 0 Å². The number of rotatable bonds is 6. The summed E-state index contributed by atoms with van der Waals surface area (Å²) in [5.41, 5.74) is 6.52. The van der Waals surface area contributed by atoms with Gasteiger partial charge in [0.05, 0.1) is 6.10 Å². The highest BCUT2D eigenvalue weighted by Crippen LogP contribution is 2.51.